The average molecular weight is 282 g/mol. The molecule has 1 saturated carbocycles. The third-order valence-corrected chi connectivity index (χ3v) is 3.68. The molecule has 1 heterocycles. The Morgan fingerprint density at radius 3 is 2.95 bits per heavy atom. The van der Waals surface area contributed by atoms with Gasteiger partial charge in [-0.25, -0.2) is 0 Å². The summed E-state index contributed by atoms with van der Waals surface area (Å²) in [4.78, 5) is 11.9. The van der Waals surface area contributed by atoms with E-state index in [2.05, 4.69) is 5.10 Å². The average Bonchev–Trinajstić information content (AvgIpc) is 3.19. The highest BCUT2D eigenvalue weighted by molar-refractivity contribution is 5.77. The Bertz CT molecular complexity index is 646. The maximum absolute atomic E-state index is 11.9. The first kappa shape index (κ1) is 13.6. The van der Waals surface area contributed by atoms with Gasteiger partial charge in [0.15, 0.2) is 0 Å². The van der Waals surface area contributed by atoms with Crippen LogP contribution in [-0.4, -0.2) is 22.4 Å². The molecule has 21 heavy (non-hydrogen) atoms. The quantitative estimate of drug-likeness (QED) is 0.792. The van der Waals surface area contributed by atoms with Gasteiger partial charge < -0.3 is 4.74 Å². The van der Waals surface area contributed by atoms with Crippen molar-refractivity contribution in [2.45, 2.75) is 12.3 Å². The number of benzene rings is 1. The van der Waals surface area contributed by atoms with Crippen LogP contribution in [0.4, 0.5) is 0 Å². The molecule has 1 aromatic carbocycles. The molecule has 0 aliphatic heterocycles. The van der Waals surface area contributed by atoms with Crippen molar-refractivity contribution in [3.63, 3.8) is 0 Å². The topological polar surface area (TPSA) is 44.1 Å². The molecule has 2 atom stereocenters. The fourth-order valence-corrected chi connectivity index (χ4v) is 2.44. The minimum atomic E-state index is -0.110. The molecule has 0 unspecified atom stereocenters. The first-order valence-corrected chi connectivity index (χ1v) is 7.11. The van der Waals surface area contributed by atoms with E-state index >= 15 is 0 Å². The molecular formula is C17H18N2O2. The van der Waals surface area contributed by atoms with E-state index in [0.29, 0.717) is 6.61 Å². The number of carbonyl (C=O) groups is 1. The molecule has 0 amide bonds. The van der Waals surface area contributed by atoms with Crippen LogP contribution in [0.3, 0.4) is 0 Å². The van der Waals surface area contributed by atoms with E-state index in [1.807, 2.05) is 61.9 Å². The van der Waals surface area contributed by atoms with Gasteiger partial charge in [0.1, 0.15) is 6.61 Å². The van der Waals surface area contributed by atoms with E-state index in [-0.39, 0.29) is 17.8 Å². The predicted molar refractivity (Wildman–Crippen MR) is 80.5 cm³/mol. The molecule has 1 aromatic heterocycles. The van der Waals surface area contributed by atoms with Gasteiger partial charge in [0.05, 0.1) is 12.1 Å². The Hall–Kier alpha value is -2.36. The van der Waals surface area contributed by atoms with Crippen LogP contribution in [0, 0.1) is 5.92 Å². The molecule has 2 aromatic rings. The Morgan fingerprint density at radius 1 is 1.43 bits per heavy atom. The smallest absolute Gasteiger partial charge is 0.309 e. The molecule has 0 N–H and O–H groups in total. The van der Waals surface area contributed by atoms with Gasteiger partial charge in [0.2, 0.25) is 0 Å². The number of hydrogen-bond donors (Lipinski definition) is 0. The lowest BCUT2D eigenvalue weighted by Gasteiger charge is -2.00. The summed E-state index contributed by atoms with van der Waals surface area (Å²) in [7, 11) is 1.88. The van der Waals surface area contributed by atoms with Crippen molar-refractivity contribution in [1.82, 2.24) is 9.78 Å². The minimum absolute atomic E-state index is 0.000625. The summed E-state index contributed by atoms with van der Waals surface area (Å²) in [5.41, 5.74) is 2.23. The van der Waals surface area contributed by atoms with Crippen LogP contribution in [0.5, 0.6) is 0 Å². The van der Waals surface area contributed by atoms with Crippen molar-refractivity contribution in [2.75, 3.05) is 6.61 Å². The lowest BCUT2D eigenvalue weighted by Crippen LogP contribution is -2.07. The van der Waals surface area contributed by atoms with Gasteiger partial charge >= 0.3 is 5.97 Å². The van der Waals surface area contributed by atoms with Crippen molar-refractivity contribution >= 4 is 12.0 Å². The zero-order chi connectivity index (χ0) is 14.7. The highest BCUT2D eigenvalue weighted by atomic mass is 16.5. The number of rotatable bonds is 5. The van der Waals surface area contributed by atoms with Gasteiger partial charge in [-0.15, -0.1) is 0 Å². The summed E-state index contributed by atoms with van der Waals surface area (Å²) >= 11 is 0. The summed E-state index contributed by atoms with van der Waals surface area (Å²) in [5, 5.41) is 4.13. The number of aryl methyl sites for hydroxylation is 1. The lowest BCUT2D eigenvalue weighted by atomic mass is 10.2. The van der Waals surface area contributed by atoms with Gasteiger partial charge in [-0.1, -0.05) is 36.4 Å². The monoisotopic (exact) mass is 282 g/mol. The van der Waals surface area contributed by atoms with Crippen LogP contribution >= 0.6 is 0 Å². The van der Waals surface area contributed by atoms with Crippen LogP contribution in [0.1, 0.15) is 23.5 Å². The number of nitrogens with zero attached hydrogens (tertiary/aromatic N) is 2. The highest BCUT2D eigenvalue weighted by Crippen LogP contribution is 2.47. The number of hydrogen-bond acceptors (Lipinski definition) is 3. The number of esters is 1. The number of ether oxygens (including phenoxy) is 1. The summed E-state index contributed by atoms with van der Waals surface area (Å²) in [6.45, 7) is 0.323. The standard InChI is InChI=1S/C17H18N2O2/c1-19-12-14(11-18-19)15-10-16(15)17(20)21-9-5-8-13-6-3-2-4-7-13/h2-8,11-12,15-16H,9-10H2,1H3/b8-5-/t15-,16+/m0/s1. The zero-order valence-corrected chi connectivity index (χ0v) is 12.0. The SMILES string of the molecule is Cn1cc([C@@H]2C[C@H]2C(=O)OC/C=C\c2ccccc2)cn1. The van der Waals surface area contributed by atoms with Crippen LogP contribution in [0.15, 0.2) is 48.8 Å². The van der Waals surface area contributed by atoms with Crippen molar-refractivity contribution < 1.29 is 9.53 Å². The molecule has 1 fully saturated rings. The predicted octanol–water partition coefficient (Wildman–Crippen LogP) is 2.78. The summed E-state index contributed by atoms with van der Waals surface area (Å²) in [6.07, 6.45) is 8.49. The van der Waals surface area contributed by atoms with Gasteiger partial charge in [-0.2, -0.15) is 5.10 Å². The molecule has 0 saturated heterocycles. The van der Waals surface area contributed by atoms with E-state index < -0.39 is 0 Å². The van der Waals surface area contributed by atoms with E-state index in [1.165, 1.54) is 0 Å². The first-order valence-electron chi connectivity index (χ1n) is 7.11. The van der Waals surface area contributed by atoms with E-state index in [9.17, 15) is 4.79 Å². The molecule has 1 aliphatic rings. The molecule has 0 bridgehead atoms. The van der Waals surface area contributed by atoms with Crippen molar-refractivity contribution in [1.29, 1.82) is 0 Å². The van der Waals surface area contributed by atoms with Gasteiger partial charge in [-0.05, 0) is 23.6 Å². The minimum Gasteiger partial charge on any atom is -0.461 e. The molecule has 0 radical (unpaired) electrons. The molecule has 3 rings (SSSR count). The fourth-order valence-electron chi connectivity index (χ4n) is 2.44. The maximum Gasteiger partial charge on any atom is 0.309 e. The molecule has 1 aliphatic carbocycles. The largest absolute Gasteiger partial charge is 0.461 e. The van der Waals surface area contributed by atoms with Gasteiger partial charge in [0, 0.05) is 19.2 Å². The Morgan fingerprint density at radius 2 is 2.24 bits per heavy atom. The van der Waals surface area contributed by atoms with Crippen LogP contribution in [-0.2, 0) is 16.6 Å². The van der Waals surface area contributed by atoms with Gasteiger partial charge in [-0.3, -0.25) is 9.48 Å². The van der Waals surface area contributed by atoms with E-state index in [0.717, 1.165) is 17.5 Å². The normalized spacial score (nSPS) is 20.6. The second kappa shape index (κ2) is 5.95. The second-order valence-corrected chi connectivity index (χ2v) is 5.34. The van der Waals surface area contributed by atoms with Crippen LogP contribution < -0.4 is 0 Å². The molecular weight excluding hydrogens is 264 g/mol. The van der Waals surface area contributed by atoms with Crippen LogP contribution in [0.25, 0.3) is 6.08 Å². The molecule has 0 spiro atoms. The summed E-state index contributed by atoms with van der Waals surface area (Å²) < 4.78 is 7.06. The first-order chi connectivity index (χ1) is 10.2. The van der Waals surface area contributed by atoms with Gasteiger partial charge in [0.25, 0.3) is 0 Å². The Kier molecular flexibility index (Phi) is 3.86. The molecule has 4 heteroatoms. The lowest BCUT2D eigenvalue weighted by molar-refractivity contribution is -0.144. The third kappa shape index (κ3) is 3.40. The van der Waals surface area contributed by atoms with E-state index in [4.69, 9.17) is 4.74 Å². The molecule has 4 nitrogen and oxygen atoms in total. The van der Waals surface area contributed by atoms with Crippen LogP contribution in [0.2, 0.25) is 0 Å². The second-order valence-electron chi connectivity index (χ2n) is 5.34. The number of carbonyl (C=O) groups excluding carboxylic acids is 1. The van der Waals surface area contributed by atoms with E-state index in [1.54, 1.807) is 4.68 Å². The Labute approximate surface area is 124 Å². The highest BCUT2D eigenvalue weighted by Gasteiger charge is 2.45. The summed E-state index contributed by atoms with van der Waals surface area (Å²) in [5.74, 6) is 0.171. The zero-order valence-electron chi connectivity index (χ0n) is 12.0. The number of aromatic nitrogens is 2. The van der Waals surface area contributed by atoms with Crippen molar-refractivity contribution in [3.8, 4) is 0 Å². The van der Waals surface area contributed by atoms with Crippen molar-refractivity contribution in [2.24, 2.45) is 13.0 Å². The fraction of sp³-hybridized carbons (Fsp3) is 0.294. The molecule has 108 valence electrons. The Balaban J connectivity index is 1.45. The third-order valence-electron chi connectivity index (χ3n) is 3.68. The maximum atomic E-state index is 11.9. The summed E-state index contributed by atoms with van der Waals surface area (Å²) in [6, 6.07) is 9.96. The van der Waals surface area contributed by atoms with Crippen molar-refractivity contribution in [3.05, 3.63) is 59.9 Å².